The van der Waals surface area contributed by atoms with Crippen LogP contribution in [0.4, 0.5) is 0 Å². The van der Waals surface area contributed by atoms with Gasteiger partial charge in [-0.3, -0.25) is 9.59 Å². The van der Waals surface area contributed by atoms with E-state index in [2.05, 4.69) is 0 Å². The summed E-state index contributed by atoms with van der Waals surface area (Å²) >= 11 is 0. The fourth-order valence-electron chi connectivity index (χ4n) is 1.41. The quantitative estimate of drug-likeness (QED) is 0.609. The van der Waals surface area contributed by atoms with Crippen LogP contribution in [0.25, 0.3) is 0 Å². The summed E-state index contributed by atoms with van der Waals surface area (Å²) in [5, 5.41) is 0. The molecule has 1 amide bonds. The lowest BCUT2D eigenvalue weighted by Gasteiger charge is -2.23. The molecule has 0 heterocycles. The first-order valence-corrected chi connectivity index (χ1v) is 5.06. The summed E-state index contributed by atoms with van der Waals surface area (Å²) in [5.41, 5.74) is 4.42. The smallest absolute Gasteiger partial charge is 0.325 e. The molecule has 1 aromatic carbocycles. The van der Waals surface area contributed by atoms with E-state index < -0.39 is 17.3 Å². The summed E-state index contributed by atoms with van der Waals surface area (Å²) in [4.78, 5) is 23.2. The number of esters is 1. The summed E-state index contributed by atoms with van der Waals surface area (Å²) in [7, 11) is 0. The summed E-state index contributed by atoms with van der Waals surface area (Å²) < 4.78 is 4.88. The van der Waals surface area contributed by atoms with Crippen LogP contribution in [0.5, 0.6) is 0 Å². The van der Waals surface area contributed by atoms with Gasteiger partial charge >= 0.3 is 5.97 Å². The van der Waals surface area contributed by atoms with E-state index in [1.807, 2.05) is 0 Å². The predicted molar refractivity (Wildman–Crippen MR) is 59.6 cm³/mol. The number of rotatable bonds is 4. The number of hydrogen-bond acceptors (Lipinski definition) is 3. The average Bonchev–Trinajstić information content (AvgIpc) is 2.29. The summed E-state index contributed by atoms with van der Waals surface area (Å²) in [6, 6.07) is 8.66. The highest BCUT2D eigenvalue weighted by atomic mass is 16.5. The summed E-state index contributed by atoms with van der Waals surface area (Å²) in [6.07, 6.45) is 0. The van der Waals surface area contributed by atoms with Crippen molar-refractivity contribution in [2.24, 2.45) is 5.73 Å². The van der Waals surface area contributed by atoms with Crippen molar-refractivity contribution in [3.05, 3.63) is 35.9 Å². The van der Waals surface area contributed by atoms with E-state index in [4.69, 9.17) is 10.5 Å². The molecule has 0 saturated heterocycles. The molecule has 0 aromatic heterocycles. The second kappa shape index (κ2) is 4.79. The fraction of sp³-hybridized carbons (Fsp3) is 0.333. The van der Waals surface area contributed by atoms with Gasteiger partial charge in [0.05, 0.1) is 6.61 Å². The molecule has 86 valence electrons. The van der Waals surface area contributed by atoms with Crippen LogP contribution in [-0.2, 0) is 19.7 Å². The van der Waals surface area contributed by atoms with Gasteiger partial charge in [-0.1, -0.05) is 30.3 Å². The zero-order chi connectivity index (χ0) is 12.2. The normalized spacial score (nSPS) is 13.9. The summed E-state index contributed by atoms with van der Waals surface area (Å²) in [6.45, 7) is 3.38. The Hall–Kier alpha value is -1.84. The van der Waals surface area contributed by atoms with Gasteiger partial charge in [0.25, 0.3) is 0 Å². The van der Waals surface area contributed by atoms with E-state index in [1.165, 1.54) is 6.92 Å². The largest absolute Gasteiger partial charge is 0.465 e. The van der Waals surface area contributed by atoms with Crippen molar-refractivity contribution in [2.75, 3.05) is 6.61 Å². The minimum absolute atomic E-state index is 0.217. The molecule has 0 aliphatic heterocycles. The van der Waals surface area contributed by atoms with Gasteiger partial charge in [0.1, 0.15) is 0 Å². The molecular formula is C12H15NO3. The first kappa shape index (κ1) is 12.2. The number of hydrogen-bond donors (Lipinski definition) is 1. The van der Waals surface area contributed by atoms with Gasteiger partial charge < -0.3 is 10.5 Å². The van der Waals surface area contributed by atoms with E-state index in [0.717, 1.165) is 0 Å². The molecule has 4 nitrogen and oxygen atoms in total. The number of primary amides is 1. The second-order valence-corrected chi connectivity index (χ2v) is 3.58. The van der Waals surface area contributed by atoms with Crippen LogP contribution in [0.2, 0.25) is 0 Å². The van der Waals surface area contributed by atoms with Gasteiger partial charge in [0.2, 0.25) is 5.91 Å². The van der Waals surface area contributed by atoms with E-state index in [0.29, 0.717) is 5.56 Å². The number of amides is 1. The minimum Gasteiger partial charge on any atom is -0.465 e. The Morgan fingerprint density at radius 2 is 1.88 bits per heavy atom. The molecule has 0 fully saturated rings. The number of benzene rings is 1. The zero-order valence-corrected chi connectivity index (χ0v) is 9.40. The molecule has 0 aliphatic rings. The van der Waals surface area contributed by atoms with Gasteiger partial charge in [0.15, 0.2) is 5.41 Å². The molecule has 4 heteroatoms. The first-order valence-electron chi connectivity index (χ1n) is 5.06. The SMILES string of the molecule is CCOC(=O)C(C)(C(N)=O)c1ccccc1. The Bertz CT molecular complexity index is 389. The molecule has 1 aromatic rings. The number of ether oxygens (including phenoxy) is 1. The van der Waals surface area contributed by atoms with Gasteiger partial charge in [-0.15, -0.1) is 0 Å². The maximum absolute atomic E-state index is 11.8. The van der Waals surface area contributed by atoms with Crippen LogP contribution in [0.1, 0.15) is 19.4 Å². The van der Waals surface area contributed by atoms with Gasteiger partial charge in [-0.25, -0.2) is 0 Å². The lowest BCUT2D eigenvalue weighted by molar-refractivity contribution is -0.153. The third kappa shape index (κ3) is 2.05. The van der Waals surface area contributed by atoms with Crippen LogP contribution in [0, 0.1) is 0 Å². The molecule has 0 radical (unpaired) electrons. The molecule has 0 bridgehead atoms. The lowest BCUT2D eigenvalue weighted by atomic mass is 9.82. The van der Waals surface area contributed by atoms with E-state index >= 15 is 0 Å². The number of nitrogens with two attached hydrogens (primary N) is 1. The highest BCUT2D eigenvalue weighted by Gasteiger charge is 2.42. The maximum Gasteiger partial charge on any atom is 0.325 e. The fourth-order valence-corrected chi connectivity index (χ4v) is 1.41. The number of carbonyl (C=O) groups excluding carboxylic acids is 2. The Labute approximate surface area is 94.4 Å². The standard InChI is InChI=1S/C12H15NO3/c1-3-16-11(15)12(2,10(13)14)9-7-5-4-6-8-9/h4-8H,3H2,1-2H3,(H2,13,14). The van der Waals surface area contributed by atoms with E-state index in [-0.39, 0.29) is 6.61 Å². The van der Waals surface area contributed by atoms with Crippen molar-refractivity contribution >= 4 is 11.9 Å². The summed E-state index contributed by atoms with van der Waals surface area (Å²) in [5.74, 6) is -1.33. The Morgan fingerprint density at radius 3 is 2.31 bits per heavy atom. The van der Waals surface area contributed by atoms with Crippen molar-refractivity contribution in [1.82, 2.24) is 0 Å². The van der Waals surface area contributed by atoms with Crippen LogP contribution in [0.3, 0.4) is 0 Å². The minimum atomic E-state index is -1.42. The molecule has 0 aliphatic carbocycles. The van der Waals surface area contributed by atoms with Crippen molar-refractivity contribution in [1.29, 1.82) is 0 Å². The molecule has 2 N–H and O–H groups in total. The molecule has 1 unspecified atom stereocenters. The Kier molecular flexibility index (Phi) is 3.66. The molecular weight excluding hydrogens is 206 g/mol. The van der Waals surface area contributed by atoms with Crippen molar-refractivity contribution in [3.63, 3.8) is 0 Å². The molecule has 0 spiro atoms. The van der Waals surface area contributed by atoms with E-state index in [1.54, 1.807) is 37.3 Å². The van der Waals surface area contributed by atoms with Gasteiger partial charge in [-0.2, -0.15) is 0 Å². The number of carbonyl (C=O) groups is 2. The van der Waals surface area contributed by atoms with Crippen LogP contribution in [-0.4, -0.2) is 18.5 Å². The third-order valence-electron chi connectivity index (χ3n) is 2.53. The van der Waals surface area contributed by atoms with E-state index in [9.17, 15) is 9.59 Å². The first-order chi connectivity index (χ1) is 7.53. The van der Waals surface area contributed by atoms with Crippen molar-refractivity contribution in [2.45, 2.75) is 19.3 Å². The topological polar surface area (TPSA) is 69.4 Å². The average molecular weight is 221 g/mol. The molecule has 1 atom stereocenters. The zero-order valence-electron chi connectivity index (χ0n) is 9.40. The lowest BCUT2D eigenvalue weighted by Crippen LogP contribution is -2.46. The second-order valence-electron chi connectivity index (χ2n) is 3.58. The van der Waals surface area contributed by atoms with Crippen LogP contribution in [0.15, 0.2) is 30.3 Å². The monoisotopic (exact) mass is 221 g/mol. The molecule has 1 rings (SSSR count). The maximum atomic E-state index is 11.8. The highest BCUT2D eigenvalue weighted by Crippen LogP contribution is 2.24. The van der Waals surface area contributed by atoms with Crippen molar-refractivity contribution in [3.8, 4) is 0 Å². The predicted octanol–water partition coefficient (Wildman–Crippen LogP) is 0.993. The van der Waals surface area contributed by atoms with Gasteiger partial charge in [-0.05, 0) is 19.4 Å². The Balaban J connectivity index is 3.17. The molecule has 0 saturated carbocycles. The van der Waals surface area contributed by atoms with Crippen LogP contribution < -0.4 is 5.73 Å². The third-order valence-corrected chi connectivity index (χ3v) is 2.53. The van der Waals surface area contributed by atoms with Crippen molar-refractivity contribution < 1.29 is 14.3 Å². The van der Waals surface area contributed by atoms with Gasteiger partial charge in [0, 0.05) is 0 Å². The Morgan fingerprint density at radius 1 is 1.31 bits per heavy atom. The molecule has 16 heavy (non-hydrogen) atoms. The van der Waals surface area contributed by atoms with Crippen LogP contribution >= 0.6 is 0 Å². The highest BCUT2D eigenvalue weighted by molar-refractivity contribution is 6.07.